The second kappa shape index (κ2) is 7.07. The van der Waals surface area contributed by atoms with Gasteiger partial charge in [-0.3, -0.25) is 9.69 Å². The van der Waals surface area contributed by atoms with Crippen LogP contribution in [0.25, 0.3) is 0 Å². The number of carbonyl (C=O) groups is 2. The molecule has 1 N–H and O–H groups in total. The van der Waals surface area contributed by atoms with Crippen molar-refractivity contribution in [2.24, 2.45) is 0 Å². The van der Waals surface area contributed by atoms with E-state index in [1.54, 1.807) is 47.4 Å². The number of halogens is 1. The quantitative estimate of drug-likeness (QED) is 0.603. The van der Waals surface area contributed by atoms with Crippen molar-refractivity contribution in [2.75, 3.05) is 4.90 Å². The Labute approximate surface area is 177 Å². The van der Waals surface area contributed by atoms with Gasteiger partial charge in [0.05, 0.1) is 12.1 Å². The highest BCUT2D eigenvalue weighted by Gasteiger charge is 2.48. The van der Waals surface area contributed by atoms with Gasteiger partial charge in [0.25, 0.3) is 0 Å². The first-order valence-electron chi connectivity index (χ1n) is 9.38. The number of fused-ring (bicyclic) bond motifs is 5. The normalized spacial score (nSPS) is 19.1. The number of amides is 1. The largest absolute Gasteiger partial charge is 0.481 e. The van der Waals surface area contributed by atoms with E-state index in [9.17, 15) is 9.59 Å². The molecule has 3 aromatic carbocycles. The van der Waals surface area contributed by atoms with Crippen LogP contribution < -0.4 is 9.64 Å². The molecule has 3 aromatic rings. The average Bonchev–Trinajstić information content (AvgIpc) is 2.99. The van der Waals surface area contributed by atoms with Crippen LogP contribution in [0.5, 0.6) is 11.5 Å². The fourth-order valence-corrected chi connectivity index (χ4v) is 4.15. The fraction of sp³-hybridized carbons (Fsp3) is 0.130. The minimum absolute atomic E-state index is 0.0666. The van der Waals surface area contributed by atoms with E-state index in [2.05, 4.69) is 0 Å². The standard InChI is InChI=1S/C23H16ClNO5/c24-15-9-10-19-17(12-15)25-21(16-3-1-2-4-18(16)29-19)22(30-23(25)28)14-7-5-13(6-8-14)11-20(26)27/h1-10,12,21-22H,11H2,(H,26,27). The van der Waals surface area contributed by atoms with Gasteiger partial charge in [0.1, 0.15) is 11.8 Å². The molecule has 0 aromatic heterocycles. The van der Waals surface area contributed by atoms with Crippen LogP contribution in [0.3, 0.4) is 0 Å². The second-order valence-electron chi connectivity index (χ2n) is 7.18. The molecular weight excluding hydrogens is 406 g/mol. The van der Waals surface area contributed by atoms with Crippen LogP contribution in [-0.4, -0.2) is 17.2 Å². The zero-order valence-electron chi connectivity index (χ0n) is 15.6. The van der Waals surface area contributed by atoms with E-state index in [1.165, 1.54) is 0 Å². The summed E-state index contributed by atoms with van der Waals surface area (Å²) >= 11 is 6.21. The molecule has 2 heterocycles. The lowest BCUT2D eigenvalue weighted by Crippen LogP contribution is -2.27. The third-order valence-corrected chi connectivity index (χ3v) is 5.53. The van der Waals surface area contributed by atoms with E-state index < -0.39 is 24.2 Å². The molecule has 0 saturated carbocycles. The van der Waals surface area contributed by atoms with Gasteiger partial charge in [0, 0.05) is 10.6 Å². The monoisotopic (exact) mass is 421 g/mol. The van der Waals surface area contributed by atoms with Gasteiger partial charge in [-0.25, -0.2) is 4.79 Å². The third-order valence-electron chi connectivity index (χ3n) is 5.29. The number of carboxylic acid groups (broad SMARTS) is 1. The van der Waals surface area contributed by atoms with Crippen molar-refractivity contribution in [3.63, 3.8) is 0 Å². The van der Waals surface area contributed by atoms with Crippen molar-refractivity contribution in [3.8, 4) is 11.5 Å². The molecule has 2 atom stereocenters. The smallest absolute Gasteiger partial charge is 0.415 e. The minimum atomic E-state index is -0.899. The Morgan fingerprint density at radius 1 is 1.03 bits per heavy atom. The summed E-state index contributed by atoms with van der Waals surface area (Å²) in [4.78, 5) is 25.5. The molecule has 0 bridgehead atoms. The number of hydrogen-bond acceptors (Lipinski definition) is 4. The fourth-order valence-electron chi connectivity index (χ4n) is 3.98. The highest BCUT2D eigenvalue weighted by Crippen LogP contribution is 2.53. The lowest BCUT2D eigenvalue weighted by Gasteiger charge is -2.24. The predicted octanol–water partition coefficient (Wildman–Crippen LogP) is 5.51. The highest BCUT2D eigenvalue weighted by atomic mass is 35.5. The summed E-state index contributed by atoms with van der Waals surface area (Å²) in [6.45, 7) is 0. The van der Waals surface area contributed by atoms with Crippen molar-refractivity contribution < 1.29 is 24.2 Å². The summed E-state index contributed by atoms with van der Waals surface area (Å²) < 4.78 is 11.9. The number of rotatable bonds is 3. The first-order chi connectivity index (χ1) is 14.5. The molecular formula is C23H16ClNO5. The number of carboxylic acids is 1. The molecule has 0 aliphatic carbocycles. The molecule has 1 amide bonds. The molecule has 2 unspecified atom stereocenters. The zero-order chi connectivity index (χ0) is 20.8. The highest BCUT2D eigenvalue weighted by molar-refractivity contribution is 6.31. The van der Waals surface area contributed by atoms with E-state index in [-0.39, 0.29) is 6.42 Å². The van der Waals surface area contributed by atoms with Gasteiger partial charge in [-0.15, -0.1) is 0 Å². The van der Waals surface area contributed by atoms with Crippen molar-refractivity contribution in [2.45, 2.75) is 18.6 Å². The Kier molecular flexibility index (Phi) is 4.37. The van der Waals surface area contributed by atoms with Crippen LogP contribution in [0.15, 0.2) is 66.7 Å². The molecule has 5 rings (SSSR count). The zero-order valence-corrected chi connectivity index (χ0v) is 16.4. The van der Waals surface area contributed by atoms with Gasteiger partial charge in [-0.1, -0.05) is 54.1 Å². The number of aliphatic carboxylic acids is 1. The number of ether oxygens (including phenoxy) is 2. The topological polar surface area (TPSA) is 76.1 Å². The Balaban J connectivity index is 1.63. The van der Waals surface area contributed by atoms with Gasteiger partial charge < -0.3 is 14.6 Å². The Bertz CT molecular complexity index is 1160. The number of para-hydroxylation sites is 1. The van der Waals surface area contributed by atoms with E-state index >= 15 is 0 Å². The Hall–Kier alpha value is -3.51. The van der Waals surface area contributed by atoms with Crippen molar-refractivity contribution in [3.05, 3.63) is 88.4 Å². The van der Waals surface area contributed by atoms with Crippen LogP contribution >= 0.6 is 11.6 Å². The minimum Gasteiger partial charge on any atom is -0.481 e. The Morgan fingerprint density at radius 3 is 2.57 bits per heavy atom. The van der Waals surface area contributed by atoms with Gasteiger partial charge >= 0.3 is 12.1 Å². The third kappa shape index (κ3) is 3.06. The maximum atomic E-state index is 13.0. The van der Waals surface area contributed by atoms with Gasteiger partial charge in [-0.05, 0) is 35.4 Å². The summed E-state index contributed by atoms with van der Waals surface area (Å²) in [6, 6.07) is 19.3. The second-order valence-corrected chi connectivity index (χ2v) is 7.62. The maximum Gasteiger partial charge on any atom is 0.415 e. The molecule has 2 aliphatic heterocycles. The van der Waals surface area contributed by atoms with Crippen molar-refractivity contribution in [1.29, 1.82) is 0 Å². The maximum absolute atomic E-state index is 13.0. The van der Waals surface area contributed by atoms with E-state index in [1.807, 2.05) is 24.3 Å². The van der Waals surface area contributed by atoms with Crippen LogP contribution in [0, 0.1) is 0 Å². The van der Waals surface area contributed by atoms with Gasteiger partial charge in [0.2, 0.25) is 0 Å². The van der Waals surface area contributed by atoms with Crippen molar-refractivity contribution in [1.82, 2.24) is 0 Å². The van der Waals surface area contributed by atoms with Crippen LogP contribution in [0.1, 0.15) is 28.8 Å². The van der Waals surface area contributed by atoms with Crippen LogP contribution in [-0.2, 0) is 16.0 Å². The molecule has 150 valence electrons. The molecule has 0 spiro atoms. The number of nitrogens with zero attached hydrogens (tertiary/aromatic N) is 1. The van der Waals surface area contributed by atoms with Crippen molar-refractivity contribution >= 4 is 29.4 Å². The first kappa shape index (κ1) is 18.5. The number of cyclic esters (lactones) is 1. The van der Waals surface area contributed by atoms with E-state index in [4.69, 9.17) is 26.2 Å². The molecule has 1 saturated heterocycles. The summed E-state index contributed by atoms with van der Waals surface area (Å²) in [5.74, 6) is 0.257. The summed E-state index contributed by atoms with van der Waals surface area (Å²) in [6.07, 6.45) is -1.16. The average molecular weight is 422 g/mol. The lowest BCUT2D eigenvalue weighted by molar-refractivity contribution is -0.136. The van der Waals surface area contributed by atoms with E-state index in [0.29, 0.717) is 27.8 Å². The summed E-state index contributed by atoms with van der Waals surface area (Å²) in [5, 5.41) is 9.47. The molecule has 30 heavy (non-hydrogen) atoms. The van der Waals surface area contributed by atoms with Crippen LogP contribution in [0.2, 0.25) is 5.02 Å². The van der Waals surface area contributed by atoms with Gasteiger partial charge in [-0.2, -0.15) is 0 Å². The molecule has 2 aliphatic rings. The molecule has 7 heteroatoms. The summed E-state index contributed by atoms with van der Waals surface area (Å²) in [5.41, 5.74) is 2.80. The van der Waals surface area contributed by atoms with E-state index in [0.717, 1.165) is 11.1 Å². The predicted molar refractivity (Wildman–Crippen MR) is 110 cm³/mol. The molecule has 6 nitrogen and oxygen atoms in total. The number of hydrogen-bond donors (Lipinski definition) is 1. The number of carbonyl (C=O) groups excluding carboxylic acids is 1. The first-order valence-corrected chi connectivity index (χ1v) is 9.76. The SMILES string of the molecule is O=C(O)Cc1ccc(C2OC(=O)N3c4cc(Cl)ccc4Oc4ccccc4C23)cc1. The number of anilines is 1. The Morgan fingerprint density at radius 2 is 1.80 bits per heavy atom. The van der Waals surface area contributed by atoms with Crippen LogP contribution in [0.4, 0.5) is 10.5 Å². The number of benzene rings is 3. The summed E-state index contributed by atoms with van der Waals surface area (Å²) in [7, 11) is 0. The molecule has 1 fully saturated rings. The molecule has 0 radical (unpaired) electrons. The van der Waals surface area contributed by atoms with Gasteiger partial charge in [0.15, 0.2) is 11.9 Å². The lowest BCUT2D eigenvalue weighted by atomic mass is 9.94.